The molecule has 1 saturated heterocycles. The second-order valence-corrected chi connectivity index (χ2v) is 6.21. The first-order valence-electron chi connectivity index (χ1n) is 7.57. The van der Waals surface area contributed by atoms with Crippen LogP contribution in [0, 0.1) is 0 Å². The molecule has 124 valence electrons. The second kappa shape index (κ2) is 8.67. The lowest BCUT2D eigenvalue weighted by atomic mass is 10.2. The normalized spacial score (nSPS) is 15.3. The summed E-state index contributed by atoms with van der Waals surface area (Å²) in [5.41, 5.74) is 2.99. The Labute approximate surface area is 144 Å². The van der Waals surface area contributed by atoms with Crippen LogP contribution in [0.4, 0.5) is 0 Å². The summed E-state index contributed by atoms with van der Waals surface area (Å²) < 4.78 is 6.08. The van der Waals surface area contributed by atoms with Crippen molar-refractivity contribution >= 4 is 34.0 Å². The zero-order valence-electron chi connectivity index (χ0n) is 13.0. The number of benzene rings is 1. The first kappa shape index (κ1) is 17.5. The van der Waals surface area contributed by atoms with Gasteiger partial charge in [0.2, 0.25) is 0 Å². The predicted octanol–water partition coefficient (Wildman–Crippen LogP) is 2.31. The van der Waals surface area contributed by atoms with Crippen LogP contribution in [-0.2, 0) is 9.59 Å². The Hall–Kier alpha value is -1.89. The van der Waals surface area contributed by atoms with Gasteiger partial charge in [0.15, 0.2) is 0 Å². The Morgan fingerprint density at radius 3 is 2.61 bits per heavy atom. The largest absolute Gasteiger partial charge is 0.496 e. The van der Waals surface area contributed by atoms with Crippen LogP contribution in [-0.4, -0.2) is 43.1 Å². The summed E-state index contributed by atoms with van der Waals surface area (Å²) in [7, 11) is 1.56. The molecule has 6 nitrogen and oxygen atoms in total. The highest BCUT2D eigenvalue weighted by molar-refractivity contribution is 9.10. The number of rotatable bonds is 3. The molecule has 0 aromatic heterocycles. The first-order valence-corrected chi connectivity index (χ1v) is 8.37. The van der Waals surface area contributed by atoms with Crippen LogP contribution >= 0.6 is 15.9 Å². The molecular formula is C16H20BrN3O3. The van der Waals surface area contributed by atoms with E-state index in [-0.39, 0.29) is 0 Å². The number of halogens is 1. The number of nitrogens with one attached hydrogen (secondary N) is 1. The fraction of sp³-hybridized carbons (Fsp3) is 0.438. The van der Waals surface area contributed by atoms with Crippen molar-refractivity contribution in [2.45, 2.75) is 25.7 Å². The summed E-state index contributed by atoms with van der Waals surface area (Å²) in [6.07, 6.45) is 5.55. The lowest BCUT2D eigenvalue weighted by Gasteiger charge is -2.18. The third-order valence-electron chi connectivity index (χ3n) is 3.65. The molecule has 1 fully saturated rings. The number of carbonyl (C=O) groups excluding carboxylic acids is 2. The number of hydrogen-bond acceptors (Lipinski definition) is 4. The maximum Gasteiger partial charge on any atom is 0.329 e. The number of likely N-dealkylation sites (tertiary alicyclic amines) is 1. The molecular weight excluding hydrogens is 362 g/mol. The van der Waals surface area contributed by atoms with E-state index in [1.54, 1.807) is 18.1 Å². The number of amides is 2. The van der Waals surface area contributed by atoms with E-state index in [0.717, 1.165) is 30.2 Å². The van der Waals surface area contributed by atoms with Gasteiger partial charge in [-0.1, -0.05) is 28.8 Å². The topological polar surface area (TPSA) is 71.0 Å². The number of nitrogens with zero attached hydrogens (tertiary/aromatic N) is 2. The Morgan fingerprint density at radius 1 is 1.26 bits per heavy atom. The van der Waals surface area contributed by atoms with E-state index in [9.17, 15) is 9.59 Å². The molecule has 1 aromatic rings. The van der Waals surface area contributed by atoms with Gasteiger partial charge in [0.1, 0.15) is 5.75 Å². The summed E-state index contributed by atoms with van der Waals surface area (Å²) in [5.74, 6) is -0.604. The van der Waals surface area contributed by atoms with Crippen molar-refractivity contribution in [3.63, 3.8) is 0 Å². The number of hydrogen-bond donors (Lipinski definition) is 1. The van der Waals surface area contributed by atoms with E-state index < -0.39 is 11.8 Å². The average molecular weight is 382 g/mol. The van der Waals surface area contributed by atoms with Crippen molar-refractivity contribution in [3.05, 3.63) is 28.2 Å². The molecule has 0 aliphatic carbocycles. The van der Waals surface area contributed by atoms with Crippen LogP contribution in [0.5, 0.6) is 5.75 Å². The molecule has 7 heteroatoms. The number of carbonyl (C=O) groups is 2. The molecule has 2 rings (SSSR count). The van der Waals surface area contributed by atoms with E-state index in [1.165, 1.54) is 6.21 Å². The molecule has 0 saturated carbocycles. The summed E-state index contributed by atoms with van der Waals surface area (Å²) in [6, 6.07) is 5.44. The Kier molecular flexibility index (Phi) is 6.58. The van der Waals surface area contributed by atoms with E-state index in [2.05, 4.69) is 26.5 Å². The molecule has 1 aromatic carbocycles. The SMILES string of the molecule is COc1ccc(Br)cc1/C=N/NC(=O)C(=O)N1CCCCCC1. The molecule has 1 aliphatic rings. The molecule has 1 N–H and O–H groups in total. The number of hydrazone groups is 1. The Bertz CT molecular complexity index is 596. The monoisotopic (exact) mass is 381 g/mol. The van der Waals surface area contributed by atoms with Gasteiger partial charge in [-0.25, -0.2) is 5.43 Å². The van der Waals surface area contributed by atoms with Gasteiger partial charge in [-0.05, 0) is 31.0 Å². The van der Waals surface area contributed by atoms with Crippen molar-refractivity contribution < 1.29 is 14.3 Å². The molecule has 0 atom stereocenters. The van der Waals surface area contributed by atoms with E-state index in [0.29, 0.717) is 24.4 Å². The highest BCUT2D eigenvalue weighted by Crippen LogP contribution is 2.21. The van der Waals surface area contributed by atoms with Crippen molar-refractivity contribution in [3.8, 4) is 5.75 Å². The predicted molar refractivity (Wildman–Crippen MR) is 91.5 cm³/mol. The smallest absolute Gasteiger partial charge is 0.329 e. The maximum absolute atomic E-state index is 12.1. The number of ether oxygens (including phenoxy) is 1. The molecule has 0 unspecified atom stereocenters. The quantitative estimate of drug-likeness (QED) is 0.496. The molecule has 1 heterocycles. The van der Waals surface area contributed by atoms with Crippen molar-refractivity contribution in [2.75, 3.05) is 20.2 Å². The van der Waals surface area contributed by atoms with Gasteiger partial charge in [0, 0.05) is 23.1 Å². The third-order valence-corrected chi connectivity index (χ3v) is 4.14. The van der Waals surface area contributed by atoms with Crippen molar-refractivity contribution in [1.29, 1.82) is 0 Å². The summed E-state index contributed by atoms with van der Waals surface area (Å²) in [5, 5.41) is 3.86. The fourth-order valence-corrected chi connectivity index (χ4v) is 2.81. The molecule has 0 radical (unpaired) electrons. The minimum Gasteiger partial charge on any atom is -0.496 e. The zero-order valence-corrected chi connectivity index (χ0v) is 14.6. The van der Waals surface area contributed by atoms with Crippen LogP contribution in [0.25, 0.3) is 0 Å². The van der Waals surface area contributed by atoms with Crippen LogP contribution in [0.15, 0.2) is 27.8 Å². The highest BCUT2D eigenvalue weighted by Gasteiger charge is 2.22. The van der Waals surface area contributed by atoms with Crippen LogP contribution in [0.2, 0.25) is 0 Å². The van der Waals surface area contributed by atoms with E-state index in [1.807, 2.05) is 12.1 Å². The average Bonchev–Trinajstić information content (AvgIpc) is 2.83. The summed E-state index contributed by atoms with van der Waals surface area (Å²) >= 11 is 3.36. The van der Waals surface area contributed by atoms with E-state index >= 15 is 0 Å². The third kappa shape index (κ3) is 5.06. The van der Waals surface area contributed by atoms with Gasteiger partial charge < -0.3 is 9.64 Å². The maximum atomic E-state index is 12.1. The molecule has 1 aliphatic heterocycles. The van der Waals surface area contributed by atoms with Crippen LogP contribution in [0.1, 0.15) is 31.2 Å². The molecule has 0 spiro atoms. The zero-order chi connectivity index (χ0) is 16.7. The number of methoxy groups -OCH3 is 1. The minimum atomic E-state index is -0.711. The van der Waals surface area contributed by atoms with Crippen LogP contribution < -0.4 is 10.2 Å². The standard InChI is InChI=1S/C16H20BrN3O3/c1-23-14-7-6-13(17)10-12(14)11-18-19-15(21)16(22)20-8-4-2-3-5-9-20/h6-7,10-11H,2-5,8-9H2,1H3,(H,19,21)/b18-11+. The lowest BCUT2D eigenvalue weighted by Crippen LogP contribution is -2.41. The van der Waals surface area contributed by atoms with Crippen LogP contribution in [0.3, 0.4) is 0 Å². The van der Waals surface area contributed by atoms with Gasteiger partial charge in [0.25, 0.3) is 0 Å². The Morgan fingerprint density at radius 2 is 1.96 bits per heavy atom. The van der Waals surface area contributed by atoms with Gasteiger partial charge in [-0.15, -0.1) is 0 Å². The van der Waals surface area contributed by atoms with Gasteiger partial charge in [0.05, 0.1) is 13.3 Å². The molecule has 23 heavy (non-hydrogen) atoms. The highest BCUT2D eigenvalue weighted by atomic mass is 79.9. The lowest BCUT2D eigenvalue weighted by molar-refractivity contribution is -0.145. The first-order chi connectivity index (χ1) is 11.1. The molecule has 0 bridgehead atoms. The van der Waals surface area contributed by atoms with E-state index in [4.69, 9.17) is 4.74 Å². The summed E-state index contributed by atoms with van der Waals surface area (Å²) in [6.45, 7) is 1.27. The van der Waals surface area contributed by atoms with Gasteiger partial charge in [-0.2, -0.15) is 5.10 Å². The molecule has 2 amide bonds. The minimum absolute atomic E-state index is 0.523. The second-order valence-electron chi connectivity index (χ2n) is 5.29. The Balaban J connectivity index is 1.95. The summed E-state index contributed by atoms with van der Waals surface area (Å²) in [4.78, 5) is 25.6. The van der Waals surface area contributed by atoms with Crippen molar-refractivity contribution in [1.82, 2.24) is 10.3 Å². The van der Waals surface area contributed by atoms with Crippen molar-refractivity contribution in [2.24, 2.45) is 5.10 Å². The van der Waals surface area contributed by atoms with Gasteiger partial charge >= 0.3 is 11.8 Å². The fourth-order valence-electron chi connectivity index (χ4n) is 2.43. The van der Waals surface area contributed by atoms with Gasteiger partial charge in [-0.3, -0.25) is 9.59 Å².